The van der Waals surface area contributed by atoms with E-state index in [1.54, 1.807) is 12.1 Å². The standard InChI is InChI=1S/C15H15FN2O2/c16-11-1-2-13-10(7-11)8-14(20-13)15(19)12-9-17-3-5-18(12)6-4-17/h1-2,7-8,12H,3-6,9H2. The molecule has 0 amide bonds. The smallest absolute Gasteiger partial charge is 0.216 e. The van der Waals surface area contributed by atoms with Gasteiger partial charge < -0.3 is 4.42 Å². The number of hydrogen-bond donors (Lipinski definition) is 0. The van der Waals surface area contributed by atoms with Crippen LogP contribution in [0.3, 0.4) is 0 Å². The second kappa shape index (κ2) is 4.40. The molecule has 3 fully saturated rings. The number of carbonyl (C=O) groups excluding carboxylic acids is 1. The van der Waals surface area contributed by atoms with Crippen LogP contribution in [0.4, 0.5) is 4.39 Å². The van der Waals surface area contributed by atoms with Crippen molar-refractivity contribution in [3.8, 4) is 0 Å². The molecule has 1 unspecified atom stereocenters. The van der Waals surface area contributed by atoms with E-state index < -0.39 is 0 Å². The van der Waals surface area contributed by atoms with Crippen LogP contribution in [0.15, 0.2) is 28.7 Å². The fourth-order valence-corrected chi connectivity index (χ4v) is 3.17. The van der Waals surface area contributed by atoms with Gasteiger partial charge in [0.1, 0.15) is 11.4 Å². The number of rotatable bonds is 2. The molecule has 1 atom stereocenters. The summed E-state index contributed by atoms with van der Waals surface area (Å²) in [5, 5.41) is 0.643. The Morgan fingerprint density at radius 3 is 2.70 bits per heavy atom. The van der Waals surface area contributed by atoms with Crippen molar-refractivity contribution >= 4 is 16.8 Å². The average molecular weight is 274 g/mol. The minimum absolute atomic E-state index is 0.00556. The molecule has 104 valence electrons. The van der Waals surface area contributed by atoms with E-state index in [1.165, 1.54) is 12.1 Å². The molecule has 2 aromatic rings. The van der Waals surface area contributed by atoms with Crippen molar-refractivity contribution in [2.45, 2.75) is 6.04 Å². The molecule has 4 nitrogen and oxygen atoms in total. The first-order valence-corrected chi connectivity index (χ1v) is 6.90. The fourth-order valence-electron chi connectivity index (χ4n) is 3.17. The van der Waals surface area contributed by atoms with Crippen LogP contribution in [-0.2, 0) is 0 Å². The zero-order valence-corrected chi connectivity index (χ0v) is 11.0. The van der Waals surface area contributed by atoms with E-state index in [4.69, 9.17) is 4.42 Å². The van der Waals surface area contributed by atoms with Gasteiger partial charge in [-0.25, -0.2) is 4.39 Å². The summed E-state index contributed by atoms with van der Waals surface area (Å²) in [6, 6.07) is 5.84. The van der Waals surface area contributed by atoms with E-state index in [2.05, 4.69) is 9.80 Å². The highest BCUT2D eigenvalue weighted by atomic mass is 19.1. The van der Waals surface area contributed by atoms with E-state index in [-0.39, 0.29) is 17.6 Å². The SMILES string of the molecule is O=C(c1cc2cc(F)ccc2o1)C1CN2CCN1CC2. The van der Waals surface area contributed by atoms with Crippen molar-refractivity contribution in [2.75, 3.05) is 32.7 Å². The van der Waals surface area contributed by atoms with E-state index in [0.717, 1.165) is 32.7 Å². The highest BCUT2D eigenvalue weighted by Gasteiger charge is 2.37. The fraction of sp³-hybridized carbons (Fsp3) is 0.400. The predicted octanol–water partition coefficient (Wildman–Crippen LogP) is 1.75. The summed E-state index contributed by atoms with van der Waals surface area (Å²) in [6.07, 6.45) is 0. The molecule has 5 rings (SSSR count). The van der Waals surface area contributed by atoms with Crippen molar-refractivity contribution in [2.24, 2.45) is 0 Å². The van der Waals surface area contributed by atoms with Gasteiger partial charge in [-0.2, -0.15) is 0 Å². The van der Waals surface area contributed by atoms with Crippen molar-refractivity contribution in [3.05, 3.63) is 35.8 Å². The van der Waals surface area contributed by atoms with Crippen LogP contribution >= 0.6 is 0 Å². The number of nitrogens with zero attached hydrogens (tertiary/aromatic N) is 2. The van der Waals surface area contributed by atoms with Crippen LogP contribution in [0.25, 0.3) is 11.0 Å². The first-order valence-electron chi connectivity index (χ1n) is 6.90. The Morgan fingerprint density at radius 2 is 2.00 bits per heavy atom. The van der Waals surface area contributed by atoms with Gasteiger partial charge in [0.25, 0.3) is 0 Å². The average Bonchev–Trinajstić information content (AvgIpc) is 2.90. The van der Waals surface area contributed by atoms with Crippen molar-refractivity contribution in [3.63, 3.8) is 0 Å². The van der Waals surface area contributed by atoms with Gasteiger partial charge in [0.2, 0.25) is 5.78 Å². The zero-order chi connectivity index (χ0) is 13.7. The number of benzene rings is 1. The summed E-state index contributed by atoms with van der Waals surface area (Å²) in [7, 11) is 0. The molecule has 0 N–H and O–H groups in total. The van der Waals surface area contributed by atoms with Gasteiger partial charge in [-0.3, -0.25) is 14.6 Å². The maximum Gasteiger partial charge on any atom is 0.216 e. The first kappa shape index (κ1) is 12.1. The largest absolute Gasteiger partial charge is 0.453 e. The van der Waals surface area contributed by atoms with Gasteiger partial charge in [-0.15, -0.1) is 0 Å². The van der Waals surface area contributed by atoms with Crippen molar-refractivity contribution in [1.82, 2.24) is 9.80 Å². The molecule has 5 heteroatoms. The lowest BCUT2D eigenvalue weighted by Gasteiger charge is -2.46. The highest BCUT2D eigenvalue weighted by molar-refractivity contribution is 6.01. The van der Waals surface area contributed by atoms with Gasteiger partial charge >= 0.3 is 0 Å². The van der Waals surface area contributed by atoms with E-state index in [9.17, 15) is 9.18 Å². The van der Waals surface area contributed by atoms with E-state index >= 15 is 0 Å². The number of piperazine rings is 3. The summed E-state index contributed by atoms with van der Waals surface area (Å²) in [5.41, 5.74) is 0.561. The lowest BCUT2D eigenvalue weighted by molar-refractivity contribution is 0.0146. The summed E-state index contributed by atoms with van der Waals surface area (Å²) < 4.78 is 18.8. The molecule has 1 aromatic carbocycles. The first-order chi connectivity index (χ1) is 9.70. The number of Topliss-reactive ketones (excluding diaryl/α,β-unsaturated/α-hetero) is 1. The maximum absolute atomic E-state index is 13.2. The van der Waals surface area contributed by atoms with Crippen LogP contribution in [-0.4, -0.2) is 54.3 Å². The van der Waals surface area contributed by atoms with Gasteiger partial charge in [0.05, 0.1) is 6.04 Å². The molecule has 0 saturated carbocycles. The molecule has 20 heavy (non-hydrogen) atoms. The van der Waals surface area contributed by atoms with Crippen molar-refractivity contribution < 1.29 is 13.6 Å². The molecule has 3 saturated heterocycles. The van der Waals surface area contributed by atoms with Crippen LogP contribution in [0.1, 0.15) is 10.6 Å². The summed E-state index contributed by atoms with van der Waals surface area (Å²) in [6.45, 7) is 4.71. The Kier molecular flexibility index (Phi) is 2.65. The maximum atomic E-state index is 13.2. The van der Waals surface area contributed by atoms with Crippen LogP contribution in [0, 0.1) is 5.82 Å². The molecule has 3 aliphatic rings. The minimum Gasteiger partial charge on any atom is -0.453 e. The Morgan fingerprint density at radius 1 is 1.20 bits per heavy atom. The van der Waals surface area contributed by atoms with Crippen LogP contribution in [0.5, 0.6) is 0 Å². The normalized spacial score (nSPS) is 28.9. The molecule has 0 radical (unpaired) electrons. The zero-order valence-electron chi connectivity index (χ0n) is 11.0. The number of ketones is 1. The molecule has 3 aliphatic heterocycles. The second-order valence-corrected chi connectivity index (χ2v) is 5.51. The number of carbonyl (C=O) groups is 1. The molecule has 0 aliphatic carbocycles. The molecule has 1 aromatic heterocycles. The molecule has 2 bridgehead atoms. The topological polar surface area (TPSA) is 36.7 Å². The minimum atomic E-state index is -0.316. The molecule has 4 heterocycles. The van der Waals surface area contributed by atoms with E-state index in [1.807, 2.05) is 0 Å². The highest BCUT2D eigenvalue weighted by Crippen LogP contribution is 2.24. The predicted molar refractivity (Wildman–Crippen MR) is 72.3 cm³/mol. The third kappa shape index (κ3) is 1.85. The Labute approximate surface area is 115 Å². The third-order valence-electron chi connectivity index (χ3n) is 4.30. The van der Waals surface area contributed by atoms with E-state index in [0.29, 0.717) is 16.7 Å². The van der Waals surface area contributed by atoms with Gasteiger partial charge in [0, 0.05) is 38.1 Å². The monoisotopic (exact) mass is 274 g/mol. The van der Waals surface area contributed by atoms with Gasteiger partial charge in [-0.05, 0) is 24.3 Å². The van der Waals surface area contributed by atoms with Gasteiger partial charge in [-0.1, -0.05) is 0 Å². The number of halogens is 1. The van der Waals surface area contributed by atoms with Crippen LogP contribution < -0.4 is 0 Å². The summed E-state index contributed by atoms with van der Waals surface area (Å²) in [4.78, 5) is 17.1. The lowest BCUT2D eigenvalue weighted by atomic mass is 10.0. The lowest BCUT2D eigenvalue weighted by Crippen LogP contribution is -2.63. The quantitative estimate of drug-likeness (QED) is 0.782. The molecule has 0 spiro atoms. The second-order valence-electron chi connectivity index (χ2n) is 5.51. The molecular formula is C15H15FN2O2. The van der Waals surface area contributed by atoms with Gasteiger partial charge in [0.15, 0.2) is 5.76 Å². The van der Waals surface area contributed by atoms with Crippen molar-refractivity contribution in [1.29, 1.82) is 0 Å². The number of fused-ring (bicyclic) bond motifs is 4. The number of hydrogen-bond acceptors (Lipinski definition) is 4. The summed E-state index contributed by atoms with van der Waals surface area (Å²) >= 11 is 0. The molecular weight excluding hydrogens is 259 g/mol. The van der Waals surface area contributed by atoms with Crippen LogP contribution in [0.2, 0.25) is 0 Å². The summed E-state index contributed by atoms with van der Waals surface area (Å²) in [5.74, 6) is 0.0271. The number of furan rings is 1. The Hall–Kier alpha value is -1.72. The Balaban J connectivity index is 1.66. The third-order valence-corrected chi connectivity index (χ3v) is 4.30. The Bertz CT molecular complexity index is 674.